The average Bonchev–Trinajstić information content (AvgIpc) is 2.93. The van der Waals surface area contributed by atoms with Crippen molar-refractivity contribution in [1.29, 1.82) is 0 Å². The van der Waals surface area contributed by atoms with Gasteiger partial charge < -0.3 is 9.80 Å². The first-order valence-corrected chi connectivity index (χ1v) is 7.31. The van der Waals surface area contributed by atoms with Gasteiger partial charge in [-0.1, -0.05) is 0 Å². The third kappa shape index (κ3) is 2.20. The lowest BCUT2D eigenvalue weighted by Crippen LogP contribution is -2.58. The molecule has 0 atom stereocenters. The minimum Gasteiger partial charge on any atom is -0.354 e. The minimum absolute atomic E-state index is 0.367. The van der Waals surface area contributed by atoms with Crippen molar-refractivity contribution >= 4 is 11.8 Å². The lowest BCUT2D eigenvalue weighted by Gasteiger charge is -2.48. The van der Waals surface area contributed by atoms with Crippen molar-refractivity contribution in [3.63, 3.8) is 0 Å². The molecule has 108 valence electrons. The monoisotopic (exact) mass is 282 g/mol. The summed E-state index contributed by atoms with van der Waals surface area (Å²) in [6.45, 7) is 6.13. The number of hydrogen-bond acceptors (Lipinski definition) is 6. The molecular weight excluding hydrogens is 264 g/mol. The van der Waals surface area contributed by atoms with Gasteiger partial charge in [-0.2, -0.15) is 5.10 Å². The fraction of sp³-hybridized carbons (Fsp3) is 0.467. The van der Waals surface area contributed by atoms with E-state index in [1.807, 2.05) is 31.5 Å². The predicted molar refractivity (Wildman–Crippen MR) is 80.3 cm³/mol. The van der Waals surface area contributed by atoms with E-state index in [-0.39, 0.29) is 0 Å². The fourth-order valence-electron chi connectivity index (χ4n) is 3.30. The standard InChI is InChI=1S/C15H18N6/c1-12-3-4-13(19-18-12)21-10-15(11-21)5-8-20(9-15)14-16-6-2-7-17-14/h2-4,6-7H,5,8-11H2,1H3. The molecule has 6 nitrogen and oxygen atoms in total. The molecule has 2 fully saturated rings. The molecule has 2 saturated heterocycles. The van der Waals surface area contributed by atoms with Gasteiger partial charge in [0.1, 0.15) is 0 Å². The van der Waals surface area contributed by atoms with Crippen molar-refractivity contribution in [3.8, 4) is 0 Å². The van der Waals surface area contributed by atoms with Crippen LogP contribution in [0.15, 0.2) is 30.6 Å². The maximum absolute atomic E-state index is 4.35. The second-order valence-corrected chi connectivity index (χ2v) is 6.11. The topological polar surface area (TPSA) is 58.0 Å². The highest BCUT2D eigenvalue weighted by molar-refractivity contribution is 5.45. The van der Waals surface area contributed by atoms with Crippen LogP contribution in [-0.2, 0) is 0 Å². The lowest BCUT2D eigenvalue weighted by atomic mass is 9.79. The van der Waals surface area contributed by atoms with Crippen molar-refractivity contribution in [1.82, 2.24) is 20.2 Å². The van der Waals surface area contributed by atoms with E-state index in [4.69, 9.17) is 0 Å². The van der Waals surface area contributed by atoms with Crippen molar-refractivity contribution in [2.24, 2.45) is 5.41 Å². The quantitative estimate of drug-likeness (QED) is 0.827. The Morgan fingerprint density at radius 1 is 1.00 bits per heavy atom. The SMILES string of the molecule is Cc1ccc(N2CC3(CCN(c4ncccn4)C3)C2)nn1. The summed E-state index contributed by atoms with van der Waals surface area (Å²) in [6, 6.07) is 5.94. The highest BCUT2D eigenvalue weighted by atomic mass is 15.3. The first-order valence-electron chi connectivity index (χ1n) is 7.31. The highest BCUT2D eigenvalue weighted by Gasteiger charge is 2.48. The summed E-state index contributed by atoms with van der Waals surface area (Å²) in [5.74, 6) is 1.84. The lowest BCUT2D eigenvalue weighted by molar-refractivity contribution is 0.244. The molecule has 0 unspecified atom stereocenters. The third-order valence-corrected chi connectivity index (χ3v) is 4.43. The number of hydrogen-bond donors (Lipinski definition) is 0. The van der Waals surface area contributed by atoms with Gasteiger partial charge in [0.15, 0.2) is 5.82 Å². The molecule has 2 aliphatic rings. The van der Waals surface area contributed by atoms with Crippen molar-refractivity contribution < 1.29 is 0 Å². The number of nitrogens with zero attached hydrogens (tertiary/aromatic N) is 6. The molecule has 0 amide bonds. The van der Waals surface area contributed by atoms with Crippen LogP contribution < -0.4 is 9.80 Å². The van der Waals surface area contributed by atoms with Gasteiger partial charge in [0.25, 0.3) is 0 Å². The molecule has 0 saturated carbocycles. The Hall–Kier alpha value is -2.24. The molecule has 0 aromatic carbocycles. The highest BCUT2D eigenvalue weighted by Crippen LogP contribution is 2.41. The second kappa shape index (κ2) is 4.65. The minimum atomic E-state index is 0.367. The number of anilines is 2. The summed E-state index contributed by atoms with van der Waals surface area (Å²) in [7, 11) is 0. The summed E-state index contributed by atoms with van der Waals surface area (Å²) in [6.07, 6.45) is 4.81. The first-order chi connectivity index (χ1) is 10.2. The van der Waals surface area contributed by atoms with Crippen LogP contribution in [0.4, 0.5) is 11.8 Å². The number of aromatic nitrogens is 4. The maximum atomic E-state index is 4.35. The summed E-state index contributed by atoms with van der Waals surface area (Å²) in [5, 5.41) is 8.41. The largest absolute Gasteiger partial charge is 0.354 e. The second-order valence-electron chi connectivity index (χ2n) is 6.11. The van der Waals surface area contributed by atoms with E-state index in [0.717, 1.165) is 43.6 Å². The molecule has 1 spiro atoms. The van der Waals surface area contributed by atoms with Gasteiger partial charge in [0.05, 0.1) is 5.69 Å². The van der Waals surface area contributed by atoms with E-state index < -0.39 is 0 Å². The van der Waals surface area contributed by atoms with Gasteiger partial charge in [-0.3, -0.25) is 0 Å². The van der Waals surface area contributed by atoms with Gasteiger partial charge >= 0.3 is 0 Å². The van der Waals surface area contributed by atoms with Gasteiger partial charge in [-0.05, 0) is 31.5 Å². The van der Waals surface area contributed by atoms with E-state index in [1.165, 1.54) is 6.42 Å². The zero-order valence-corrected chi connectivity index (χ0v) is 12.1. The molecule has 2 aliphatic heterocycles. The molecule has 6 heteroatoms. The van der Waals surface area contributed by atoms with Crippen LogP contribution in [0.1, 0.15) is 12.1 Å². The van der Waals surface area contributed by atoms with Crippen molar-refractivity contribution in [3.05, 3.63) is 36.3 Å². The molecule has 2 aromatic heterocycles. The normalized spacial score (nSPS) is 19.9. The third-order valence-electron chi connectivity index (χ3n) is 4.43. The van der Waals surface area contributed by atoms with Crippen LogP contribution in [0.5, 0.6) is 0 Å². The average molecular weight is 282 g/mol. The summed E-state index contributed by atoms with van der Waals surface area (Å²) >= 11 is 0. The first kappa shape index (κ1) is 12.5. The number of aryl methyl sites for hydroxylation is 1. The molecule has 4 rings (SSSR count). The Kier molecular flexibility index (Phi) is 2.77. The smallest absolute Gasteiger partial charge is 0.225 e. The molecule has 0 radical (unpaired) electrons. The van der Waals surface area contributed by atoms with Crippen molar-refractivity contribution in [2.75, 3.05) is 36.0 Å². The Labute approximate surface area is 123 Å². The fourth-order valence-corrected chi connectivity index (χ4v) is 3.30. The van der Waals surface area contributed by atoms with Crippen LogP contribution in [0.25, 0.3) is 0 Å². The molecule has 2 aromatic rings. The van der Waals surface area contributed by atoms with E-state index >= 15 is 0 Å². The number of rotatable bonds is 2. The van der Waals surface area contributed by atoms with E-state index in [1.54, 1.807) is 0 Å². The van der Waals surface area contributed by atoms with Gasteiger partial charge in [0, 0.05) is 44.0 Å². The van der Waals surface area contributed by atoms with Gasteiger partial charge in [-0.15, -0.1) is 5.10 Å². The van der Waals surface area contributed by atoms with Crippen LogP contribution in [0, 0.1) is 12.3 Å². The van der Waals surface area contributed by atoms with E-state index in [2.05, 4.69) is 36.0 Å². The van der Waals surface area contributed by atoms with Gasteiger partial charge in [-0.25, -0.2) is 9.97 Å². The van der Waals surface area contributed by atoms with E-state index in [0.29, 0.717) is 5.41 Å². The van der Waals surface area contributed by atoms with Crippen LogP contribution in [0.2, 0.25) is 0 Å². The Bertz CT molecular complexity index is 620. The van der Waals surface area contributed by atoms with Crippen LogP contribution >= 0.6 is 0 Å². The predicted octanol–water partition coefficient (Wildman–Crippen LogP) is 1.29. The van der Waals surface area contributed by atoms with Crippen molar-refractivity contribution in [2.45, 2.75) is 13.3 Å². The molecule has 0 aliphatic carbocycles. The molecule has 4 heterocycles. The molecule has 21 heavy (non-hydrogen) atoms. The molecule has 0 bridgehead atoms. The molecular formula is C15H18N6. The Balaban J connectivity index is 1.42. The van der Waals surface area contributed by atoms with Crippen LogP contribution in [-0.4, -0.2) is 46.3 Å². The zero-order valence-electron chi connectivity index (χ0n) is 12.1. The maximum Gasteiger partial charge on any atom is 0.225 e. The summed E-state index contributed by atoms with van der Waals surface area (Å²) < 4.78 is 0. The van der Waals surface area contributed by atoms with E-state index in [9.17, 15) is 0 Å². The van der Waals surface area contributed by atoms with Crippen LogP contribution in [0.3, 0.4) is 0 Å². The zero-order chi connectivity index (χ0) is 14.3. The van der Waals surface area contributed by atoms with Gasteiger partial charge in [0.2, 0.25) is 5.95 Å². The Morgan fingerprint density at radius 2 is 1.76 bits per heavy atom. The summed E-state index contributed by atoms with van der Waals surface area (Å²) in [4.78, 5) is 13.3. The molecule has 0 N–H and O–H groups in total. The Morgan fingerprint density at radius 3 is 2.48 bits per heavy atom. The summed E-state index contributed by atoms with van der Waals surface area (Å²) in [5.41, 5.74) is 1.33.